The van der Waals surface area contributed by atoms with Gasteiger partial charge in [0, 0.05) is 11.8 Å². The number of carbonyl (C=O) groups is 1. The van der Waals surface area contributed by atoms with Crippen LogP contribution in [-0.4, -0.2) is 25.0 Å². The molecule has 4 heteroatoms. The van der Waals surface area contributed by atoms with E-state index in [0.29, 0.717) is 13.0 Å². The van der Waals surface area contributed by atoms with Crippen molar-refractivity contribution >= 4 is 21.9 Å². The van der Waals surface area contributed by atoms with Crippen molar-refractivity contribution in [3.8, 4) is 5.75 Å². The number of alkyl halides is 1. The van der Waals surface area contributed by atoms with Crippen LogP contribution in [0.3, 0.4) is 0 Å². The number of rotatable bonds is 8. The van der Waals surface area contributed by atoms with Crippen LogP contribution in [0.5, 0.6) is 5.75 Å². The molecule has 1 aromatic carbocycles. The average Bonchev–Trinajstić information content (AvgIpc) is 2.40. The Hall–Kier alpha value is -1.03. The first-order valence-electron chi connectivity index (χ1n) is 6.11. The maximum absolute atomic E-state index is 11.0. The molecule has 3 nitrogen and oxygen atoms in total. The summed E-state index contributed by atoms with van der Waals surface area (Å²) < 4.78 is 10.3. The molecule has 18 heavy (non-hydrogen) atoms. The number of ether oxygens (including phenoxy) is 2. The van der Waals surface area contributed by atoms with Crippen molar-refractivity contribution in [3.05, 3.63) is 29.8 Å². The van der Waals surface area contributed by atoms with Crippen LogP contribution in [-0.2, 0) is 16.0 Å². The van der Waals surface area contributed by atoms with Gasteiger partial charge in [-0.2, -0.15) is 0 Å². The summed E-state index contributed by atoms with van der Waals surface area (Å²) in [5, 5.41) is 0.942. The summed E-state index contributed by atoms with van der Waals surface area (Å²) in [7, 11) is 1.42. The van der Waals surface area contributed by atoms with Crippen molar-refractivity contribution in [1.82, 2.24) is 0 Å². The number of benzene rings is 1. The first-order valence-corrected chi connectivity index (χ1v) is 7.23. The van der Waals surface area contributed by atoms with Crippen molar-refractivity contribution in [1.29, 1.82) is 0 Å². The van der Waals surface area contributed by atoms with Crippen LogP contribution in [0.15, 0.2) is 24.3 Å². The van der Waals surface area contributed by atoms with Gasteiger partial charge in [-0.15, -0.1) is 0 Å². The Labute approximate surface area is 117 Å². The van der Waals surface area contributed by atoms with E-state index in [1.165, 1.54) is 7.11 Å². The lowest BCUT2D eigenvalue weighted by molar-refractivity contribution is -0.140. The van der Waals surface area contributed by atoms with Gasteiger partial charge in [0.2, 0.25) is 0 Å². The van der Waals surface area contributed by atoms with Gasteiger partial charge in [-0.1, -0.05) is 34.1 Å². The highest BCUT2D eigenvalue weighted by molar-refractivity contribution is 9.09. The molecule has 0 spiro atoms. The van der Waals surface area contributed by atoms with Crippen molar-refractivity contribution < 1.29 is 14.3 Å². The van der Waals surface area contributed by atoms with Gasteiger partial charge in [-0.25, -0.2) is 0 Å². The van der Waals surface area contributed by atoms with Gasteiger partial charge >= 0.3 is 5.97 Å². The molecule has 0 radical (unpaired) electrons. The second-order valence-corrected chi connectivity index (χ2v) is 4.72. The van der Waals surface area contributed by atoms with E-state index >= 15 is 0 Å². The third-order valence-electron chi connectivity index (χ3n) is 2.56. The van der Waals surface area contributed by atoms with Crippen LogP contribution >= 0.6 is 15.9 Å². The molecular weight excluding hydrogens is 296 g/mol. The van der Waals surface area contributed by atoms with E-state index in [4.69, 9.17) is 4.74 Å². The molecule has 0 saturated carbocycles. The van der Waals surface area contributed by atoms with Crippen LogP contribution in [0, 0.1) is 0 Å². The average molecular weight is 315 g/mol. The summed E-state index contributed by atoms with van der Waals surface area (Å²) in [6.07, 6.45) is 3.05. The lowest BCUT2D eigenvalue weighted by Crippen LogP contribution is -2.03. The minimum absolute atomic E-state index is 0.160. The van der Waals surface area contributed by atoms with E-state index in [1.807, 2.05) is 24.3 Å². The van der Waals surface area contributed by atoms with Crippen molar-refractivity contribution in [2.45, 2.75) is 25.7 Å². The van der Waals surface area contributed by atoms with E-state index in [0.717, 1.165) is 35.9 Å². The number of hydrogen-bond donors (Lipinski definition) is 0. The Bertz CT molecular complexity index is 366. The van der Waals surface area contributed by atoms with E-state index in [9.17, 15) is 4.79 Å². The molecule has 0 aliphatic rings. The number of para-hydroxylation sites is 1. The van der Waals surface area contributed by atoms with E-state index in [1.54, 1.807) is 0 Å². The third kappa shape index (κ3) is 5.54. The quantitative estimate of drug-likeness (QED) is 0.419. The van der Waals surface area contributed by atoms with Gasteiger partial charge in [0.25, 0.3) is 0 Å². The molecule has 0 N–H and O–H groups in total. The smallest absolute Gasteiger partial charge is 0.305 e. The normalized spacial score (nSPS) is 10.1. The molecule has 0 atom stereocenters. The van der Waals surface area contributed by atoms with Gasteiger partial charge in [0.1, 0.15) is 5.75 Å². The predicted octanol–water partition coefficient (Wildman–Crippen LogP) is 3.35. The molecular formula is C14H19BrO3. The Morgan fingerprint density at radius 1 is 1.28 bits per heavy atom. The molecule has 100 valence electrons. The maximum Gasteiger partial charge on any atom is 0.305 e. The van der Waals surface area contributed by atoms with Gasteiger partial charge < -0.3 is 9.47 Å². The molecule has 0 saturated heterocycles. The number of carbonyl (C=O) groups excluding carboxylic acids is 1. The van der Waals surface area contributed by atoms with Crippen LogP contribution < -0.4 is 4.74 Å². The van der Waals surface area contributed by atoms with Crippen LogP contribution in [0.2, 0.25) is 0 Å². The zero-order chi connectivity index (χ0) is 13.2. The van der Waals surface area contributed by atoms with E-state index < -0.39 is 0 Å². The Balaban J connectivity index is 2.45. The Morgan fingerprint density at radius 3 is 2.78 bits per heavy atom. The van der Waals surface area contributed by atoms with Gasteiger partial charge in [-0.05, 0) is 30.9 Å². The molecule has 0 heterocycles. The van der Waals surface area contributed by atoms with Gasteiger partial charge in [-0.3, -0.25) is 4.79 Å². The van der Waals surface area contributed by atoms with Crippen LogP contribution in [0.25, 0.3) is 0 Å². The van der Waals surface area contributed by atoms with Gasteiger partial charge in [0.15, 0.2) is 0 Å². The zero-order valence-corrected chi connectivity index (χ0v) is 12.2. The fourth-order valence-electron chi connectivity index (χ4n) is 1.61. The van der Waals surface area contributed by atoms with Crippen molar-refractivity contribution in [2.75, 3.05) is 19.0 Å². The molecule has 0 amide bonds. The van der Waals surface area contributed by atoms with Crippen molar-refractivity contribution in [2.24, 2.45) is 0 Å². The monoisotopic (exact) mass is 314 g/mol. The van der Waals surface area contributed by atoms with Crippen LogP contribution in [0.4, 0.5) is 0 Å². The Morgan fingerprint density at radius 2 is 2.06 bits per heavy atom. The van der Waals surface area contributed by atoms with Gasteiger partial charge in [0.05, 0.1) is 13.7 Å². The fourth-order valence-corrected chi connectivity index (χ4v) is 1.84. The lowest BCUT2D eigenvalue weighted by atomic mass is 10.1. The van der Waals surface area contributed by atoms with Crippen LogP contribution in [0.1, 0.15) is 24.8 Å². The molecule has 0 aliphatic carbocycles. The largest absolute Gasteiger partial charge is 0.493 e. The second-order valence-electron chi connectivity index (χ2n) is 3.93. The summed E-state index contributed by atoms with van der Waals surface area (Å²) in [5.74, 6) is 0.760. The summed E-state index contributed by atoms with van der Waals surface area (Å²) >= 11 is 3.38. The summed E-state index contributed by atoms with van der Waals surface area (Å²) in [5.41, 5.74) is 1.15. The molecule has 0 aromatic heterocycles. The molecule has 1 aromatic rings. The number of esters is 1. The topological polar surface area (TPSA) is 35.5 Å². The maximum atomic E-state index is 11.0. The first-order chi connectivity index (χ1) is 8.77. The molecule has 0 bridgehead atoms. The number of halogens is 1. The first kappa shape index (κ1) is 15.0. The lowest BCUT2D eigenvalue weighted by Gasteiger charge is -2.10. The highest BCUT2D eigenvalue weighted by atomic mass is 79.9. The SMILES string of the molecule is COC(=O)CCCc1ccccc1OCCCBr. The number of aryl methyl sites for hydroxylation is 1. The molecule has 0 unspecified atom stereocenters. The Kier molecular flexibility index (Phi) is 7.49. The highest BCUT2D eigenvalue weighted by Gasteiger charge is 2.05. The minimum Gasteiger partial charge on any atom is -0.493 e. The summed E-state index contributed by atoms with van der Waals surface area (Å²) in [4.78, 5) is 11.0. The van der Waals surface area contributed by atoms with E-state index in [2.05, 4.69) is 20.7 Å². The number of hydrogen-bond acceptors (Lipinski definition) is 3. The third-order valence-corrected chi connectivity index (χ3v) is 3.12. The summed E-state index contributed by atoms with van der Waals surface area (Å²) in [6, 6.07) is 7.97. The minimum atomic E-state index is -0.160. The highest BCUT2D eigenvalue weighted by Crippen LogP contribution is 2.20. The van der Waals surface area contributed by atoms with Crippen molar-refractivity contribution in [3.63, 3.8) is 0 Å². The summed E-state index contributed by atoms with van der Waals surface area (Å²) in [6.45, 7) is 0.708. The second kappa shape index (κ2) is 8.97. The molecule has 0 fully saturated rings. The predicted molar refractivity (Wildman–Crippen MR) is 75.3 cm³/mol. The zero-order valence-electron chi connectivity index (χ0n) is 10.7. The number of methoxy groups -OCH3 is 1. The molecule has 1 rings (SSSR count). The molecule has 0 aliphatic heterocycles. The fraction of sp³-hybridized carbons (Fsp3) is 0.500. The van der Waals surface area contributed by atoms with E-state index in [-0.39, 0.29) is 5.97 Å². The standard InChI is InChI=1S/C14H19BrO3/c1-17-14(16)9-4-7-12-6-2-3-8-13(12)18-11-5-10-15/h2-3,6,8H,4-5,7,9-11H2,1H3.